The molecule has 0 aromatic carbocycles. The maximum Gasteiger partial charge on any atom is 0.472 e. The maximum absolute atomic E-state index is 12.9. The summed E-state index contributed by atoms with van der Waals surface area (Å²) >= 11 is 0. The predicted molar refractivity (Wildman–Crippen MR) is 258 cm³/mol. The van der Waals surface area contributed by atoms with Gasteiger partial charge in [-0.15, -0.1) is 0 Å². The molecule has 356 valence electrons. The number of rotatable bonds is 47. The van der Waals surface area contributed by atoms with E-state index in [1.807, 2.05) is 27.2 Å². The molecule has 0 spiro atoms. The van der Waals surface area contributed by atoms with E-state index in [9.17, 15) is 19.4 Å². The minimum atomic E-state index is -4.34. The molecule has 0 aromatic rings. The number of carbonyl (C=O) groups is 1. The van der Waals surface area contributed by atoms with E-state index in [4.69, 9.17) is 9.05 Å². The fourth-order valence-electron chi connectivity index (χ4n) is 7.59. The van der Waals surface area contributed by atoms with Crippen LogP contribution in [0.4, 0.5) is 0 Å². The van der Waals surface area contributed by atoms with Gasteiger partial charge in [-0.3, -0.25) is 13.8 Å². The lowest BCUT2D eigenvalue weighted by Crippen LogP contribution is -2.45. The Kier molecular flexibility index (Phi) is 42.5. The molecule has 0 saturated heterocycles. The first-order valence-electron chi connectivity index (χ1n) is 25.7. The van der Waals surface area contributed by atoms with Crippen molar-refractivity contribution in [1.29, 1.82) is 0 Å². The summed E-state index contributed by atoms with van der Waals surface area (Å²) in [5.41, 5.74) is 0. The van der Waals surface area contributed by atoms with E-state index >= 15 is 0 Å². The summed E-state index contributed by atoms with van der Waals surface area (Å²) in [6, 6.07) is -0.858. The van der Waals surface area contributed by atoms with Crippen molar-refractivity contribution < 1.29 is 32.9 Å². The maximum atomic E-state index is 12.9. The number of nitrogens with one attached hydrogen (secondary N) is 1. The molecule has 8 nitrogen and oxygen atoms in total. The number of phosphoric ester groups is 1. The normalized spacial score (nSPS) is 14.3. The van der Waals surface area contributed by atoms with Crippen molar-refractivity contribution >= 4 is 13.7 Å². The lowest BCUT2D eigenvalue weighted by atomic mass is 10.0. The molecule has 0 rings (SSSR count). The highest BCUT2D eigenvalue weighted by molar-refractivity contribution is 7.47. The van der Waals surface area contributed by atoms with E-state index in [2.05, 4.69) is 31.3 Å². The van der Waals surface area contributed by atoms with Gasteiger partial charge in [0.15, 0.2) is 0 Å². The molecule has 3 N–H and O–H groups in total. The van der Waals surface area contributed by atoms with Gasteiger partial charge in [-0.05, 0) is 32.1 Å². The monoisotopic (exact) mass is 870 g/mol. The van der Waals surface area contributed by atoms with Crippen LogP contribution in [-0.2, 0) is 18.4 Å². The summed E-state index contributed by atoms with van der Waals surface area (Å²) < 4.78 is 23.6. The number of nitrogens with zero attached hydrogens (tertiary/aromatic N) is 1. The van der Waals surface area contributed by atoms with Crippen molar-refractivity contribution in [1.82, 2.24) is 5.32 Å². The van der Waals surface area contributed by atoms with Gasteiger partial charge < -0.3 is 19.8 Å². The average molecular weight is 870 g/mol. The molecule has 9 heteroatoms. The number of amides is 1. The summed E-state index contributed by atoms with van der Waals surface area (Å²) in [4.78, 5) is 23.1. The summed E-state index contributed by atoms with van der Waals surface area (Å²) in [6.07, 6.45) is 52.8. The third-order valence-electron chi connectivity index (χ3n) is 11.7. The van der Waals surface area contributed by atoms with Crippen LogP contribution >= 0.6 is 7.82 Å². The standard InChI is InChI=1S/C51H101N2O6P/c1-6-8-10-12-14-16-18-20-21-22-23-24-25-26-27-28-29-30-31-32-33-34-36-38-40-42-44-50(54)49(48-59-60(56,57)58-47-46-53(3,4)5)52-51(55)45-43-41-39-37-35-19-17-15-13-11-9-7-2/h34,36,42,44,49-50,54H,6-33,35,37-41,43,45-48H2,1-5H3,(H-,52,55,56,57)/p+1/b36-34+,44-42+. The van der Waals surface area contributed by atoms with Gasteiger partial charge in [0, 0.05) is 6.42 Å². The van der Waals surface area contributed by atoms with Crippen LogP contribution < -0.4 is 5.32 Å². The molecule has 0 aliphatic carbocycles. The highest BCUT2D eigenvalue weighted by atomic mass is 31.2. The van der Waals surface area contributed by atoms with E-state index in [0.717, 1.165) is 38.5 Å². The molecule has 3 atom stereocenters. The molecular formula is C51H102N2O6P+. The Labute approximate surface area is 373 Å². The number of phosphoric acid groups is 1. The number of aliphatic hydroxyl groups is 1. The number of quaternary nitrogens is 1. The van der Waals surface area contributed by atoms with Crippen molar-refractivity contribution in [2.75, 3.05) is 40.9 Å². The molecule has 0 bridgehead atoms. The van der Waals surface area contributed by atoms with Crippen molar-refractivity contribution in [3.8, 4) is 0 Å². The van der Waals surface area contributed by atoms with Crippen LogP contribution in [0.3, 0.4) is 0 Å². The molecule has 60 heavy (non-hydrogen) atoms. The molecule has 0 heterocycles. The Balaban J connectivity index is 4.23. The second-order valence-electron chi connectivity index (χ2n) is 18.9. The zero-order valence-electron chi connectivity index (χ0n) is 40.5. The topological polar surface area (TPSA) is 105 Å². The van der Waals surface area contributed by atoms with Crippen molar-refractivity contribution in [3.63, 3.8) is 0 Å². The molecule has 0 saturated carbocycles. The van der Waals surface area contributed by atoms with Gasteiger partial charge in [-0.25, -0.2) is 4.57 Å². The first-order valence-corrected chi connectivity index (χ1v) is 27.2. The summed E-state index contributed by atoms with van der Waals surface area (Å²) in [5.74, 6) is -0.185. The van der Waals surface area contributed by atoms with Gasteiger partial charge in [-0.1, -0.05) is 231 Å². The fraction of sp³-hybridized carbons (Fsp3) is 0.902. The number of hydrogen-bond donors (Lipinski definition) is 3. The van der Waals surface area contributed by atoms with Gasteiger partial charge >= 0.3 is 7.82 Å². The molecule has 0 radical (unpaired) electrons. The molecule has 3 unspecified atom stereocenters. The third kappa shape index (κ3) is 45.0. The van der Waals surface area contributed by atoms with Gasteiger partial charge in [-0.2, -0.15) is 0 Å². The Morgan fingerprint density at radius 1 is 0.550 bits per heavy atom. The SMILES string of the molecule is CCCCCCCCCCCCCCCCCCCCCC/C=C/CC/C=C/C(O)C(COP(=O)(O)OCC[N+](C)(C)C)NC(=O)CCCCCCCCCCCCCC. The quantitative estimate of drug-likeness (QED) is 0.0243. The summed E-state index contributed by atoms with van der Waals surface area (Å²) in [6.45, 7) is 4.81. The van der Waals surface area contributed by atoms with Crippen LogP contribution in [0.2, 0.25) is 0 Å². The molecule has 0 aliphatic rings. The van der Waals surface area contributed by atoms with Crippen molar-refractivity contribution in [2.45, 2.75) is 257 Å². The largest absolute Gasteiger partial charge is 0.472 e. The first-order chi connectivity index (χ1) is 29.0. The smallest absolute Gasteiger partial charge is 0.387 e. The summed E-state index contributed by atoms with van der Waals surface area (Å²) in [7, 11) is 1.56. The minimum absolute atomic E-state index is 0.0584. The van der Waals surface area contributed by atoms with E-state index in [1.54, 1.807) is 6.08 Å². The lowest BCUT2D eigenvalue weighted by molar-refractivity contribution is -0.870. The molecule has 1 amide bonds. The van der Waals surface area contributed by atoms with Gasteiger partial charge in [0.05, 0.1) is 39.9 Å². The van der Waals surface area contributed by atoms with Crippen LogP contribution in [0.1, 0.15) is 245 Å². The van der Waals surface area contributed by atoms with Gasteiger partial charge in [0.1, 0.15) is 13.2 Å². The molecular weight excluding hydrogens is 768 g/mol. The number of allylic oxidation sites excluding steroid dienone is 3. The van der Waals surface area contributed by atoms with Crippen LogP contribution in [0.25, 0.3) is 0 Å². The zero-order chi connectivity index (χ0) is 44.3. The fourth-order valence-corrected chi connectivity index (χ4v) is 8.32. The minimum Gasteiger partial charge on any atom is -0.387 e. The highest BCUT2D eigenvalue weighted by Crippen LogP contribution is 2.43. The van der Waals surface area contributed by atoms with Crippen LogP contribution in [-0.4, -0.2) is 73.4 Å². The molecule has 0 aliphatic heterocycles. The Morgan fingerprint density at radius 2 is 0.917 bits per heavy atom. The molecule has 0 fully saturated rings. The highest BCUT2D eigenvalue weighted by Gasteiger charge is 2.27. The van der Waals surface area contributed by atoms with Gasteiger partial charge in [0.25, 0.3) is 0 Å². The number of likely N-dealkylation sites (N-methyl/N-ethyl adjacent to an activating group) is 1. The number of unbranched alkanes of at least 4 members (excludes halogenated alkanes) is 32. The average Bonchev–Trinajstić information content (AvgIpc) is 3.20. The number of carbonyl (C=O) groups excluding carboxylic acids is 1. The Hall–Kier alpha value is -1.02. The summed E-state index contributed by atoms with van der Waals surface area (Å²) in [5, 5.41) is 13.8. The van der Waals surface area contributed by atoms with Crippen molar-refractivity contribution in [3.05, 3.63) is 24.3 Å². The van der Waals surface area contributed by atoms with E-state index in [1.165, 1.54) is 186 Å². The van der Waals surface area contributed by atoms with E-state index in [0.29, 0.717) is 17.4 Å². The van der Waals surface area contributed by atoms with E-state index in [-0.39, 0.29) is 19.1 Å². The number of hydrogen-bond acceptors (Lipinski definition) is 5. The van der Waals surface area contributed by atoms with Crippen LogP contribution in [0.5, 0.6) is 0 Å². The Bertz CT molecular complexity index is 1030. The predicted octanol–water partition coefficient (Wildman–Crippen LogP) is 14.9. The number of aliphatic hydroxyl groups excluding tert-OH is 1. The van der Waals surface area contributed by atoms with Crippen molar-refractivity contribution in [2.24, 2.45) is 0 Å². The van der Waals surface area contributed by atoms with Crippen LogP contribution in [0, 0.1) is 0 Å². The van der Waals surface area contributed by atoms with E-state index < -0.39 is 20.0 Å². The van der Waals surface area contributed by atoms with Gasteiger partial charge in [0.2, 0.25) is 5.91 Å². The second kappa shape index (κ2) is 43.2. The Morgan fingerprint density at radius 3 is 1.33 bits per heavy atom. The third-order valence-corrected chi connectivity index (χ3v) is 12.7. The second-order valence-corrected chi connectivity index (χ2v) is 20.4. The zero-order valence-corrected chi connectivity index (χ0v) is 41.4. The lowest BCUT2D eigenvalue weighted by Gasteiger charge is -2.25. The first kappa shape index (κ1) is 59.0. The van der Waals surface area contributed by atoms with Crippen LogP contribution in [0.15, 0.2) is 24.3 Å². The molecule has 0 aromatic heterocycles.